The Kier molecular flexibility index (Phi) is 7.06. The number of alkyl carbamates (subject to hydrolysis) is 1. The molecule has 0 fully saturated rings. The molecule has 4 N–H and O–H groups in total. The quantitative estimate of drug-likeness (QED) is 0.683. The van der Waals surface area contributed by atoms with Crippen LogP contribution in [-0.4, -0.2) is 35.4 Å². The number of carbonyl (C=O) groups excluding carboxylic acids is 1. The third-order valence-electron chi connectivity index (χ3n) is 1.91. The van der Waals surface area contributed by atoms with Gasteiger partial charge in [-0.05, 0) is 39.8 Å². The Morgan fingerprint density at radius 2 is 2.05 bits per heavy atom. The Labute approximate surface area is 111 Å². The molecule has 7 heteroatoms. The molecule has 0 aromatic heterocycles. The number of aliphatic carboxylic acids is 1. The molecular weight excluding hydrogens is 255 g/mol. The highest BCUT2D eigenvalue weighted by molar-refractivity contribution is 5.81. The lowest BCUT2D eigenvalue weighted by molar-refractivity contribution is -0.138. The smallest absolute Gasteiger partial charge is 0.408 e. The van der Waals surface area contributed by atoms with Gasteiger partial charge < -0.3 is 20.9 Å². The van der Waals surface area contributed by atoms with E-state index in [0.29, 0.717) is 13.0 Å². The monoisotopic (exact) mass is 276 g/mol. The molecule has 0 radical (unpaired) electrons. The van der Waals surface area contributed by atoms with Crippen LogP contribution in [0.4, 0.5) is 9.18 Å². The second kappa shape index (κ2) is 7.73. The van der Waals surface area contributed by atoms with E-state index in [1.165, 1.54) is 0 Å². The number of carboxylic acid groups (broad SMARTS) is 1. The Morgan fingerprint density at radius 3 is 2.47 bits per heavy atom. The van der Waals surface area contributed by atoms with Crippen molar-refractivity contribution in [2.75, 3.05) is 6.54 Å². The number of ether oxygens (including phenoxy) is 1. The summed E-state index contributed by atoms with van der Waals surface area (Å²) in [6.45, 7) is 5.22. The van der Waals surface area contributed by atoms with Crippen LogP contribution >= 0.6 is 0 Å². The lowest BCUT2D eigenvalue weighted by Gasteiger charge is -2.21. The average Bonchev–Trinajstić information content (AvgIpc) is 2.22. The minimum absolute atomic E-state index is 0.0380. The molecule has 0 aromatic carbocycles. The van der Waals surface area contributed by atoms with E-state index in [9.17, 15) is 14.0 Å². The third-order valence-corrected chi connectivity index (χ3v) is 1.91. The molecule has 0 rings (SSSR count). The largest absolute Gasteiger partial charge is 0.479 e. The number of halogens is 1. The number of hydrogen-bond acceptors (Lipinski definition) is 4. The molecule has 0 aromatic rings. The molecule has 0 unspecified atom stereocenters. The van der Waals surface area contributed by atoms with Gasteiger partial charge in [-0.2, -0.15) is 0 Å². The normalized spacial score (nSPS) is 13.8. The van der Waals surface area contributed by atoms with Crippen LogP contribution in [0.15, 0.2) is 11.9 Å². The van der Waals surface area contributed by atoms with Gasteiger partial charge in [0.15, 0.2) is 6.04 Å². The summed E-state index contributed by atoms with van der Waals surface area (Å²) in [6, 6.07) is -1.47. The SMILES string of the molecule is CC(C)(C)OC(=O)N[C@@H](/C=C(\F)CCCN)C(=O)O. The second-order valence-corrected chi connectivity index (χ2v) is 4.97. The van der Waals surface area contributed by atoms with Crippen molar-refractivity contribution in [1.29, 1.82) is 0 Å². The van der Waals surface area contributed by atoms with Crippen LogP contribution in [0.5, 0.6) is 0 Å². The molecule has 0 saturated heterocycles. The van der Waals surface area contributed by atoms with Crippen molar-refractivity contribution in [3.05, 3.63) is 11.9 Å². The summed E-state index contributed by atoms with van der Waals surface area (Å²) in [7, 11) is 0. The molecule has 110 valence electrons. The van der Waals surface area contributed by atoms with Crippen molar-refractivity contribution < 1.29 is 23.8 Å². The van der Waals surface area contributed by atoms with Crippen LogP contribution < -0.4 is 11.1 Å². The van der Waals surface area contributed by atoms with Crippen LogP contribution in [0.3, 0.4) is 0 Å². The van der Waals surface area contributed by atoms with Crippen molar-refractivity contribution in [3.63, 3.8) is 0 Å². The Bertz CT molecular complexity index is 350. The maximum atomic E-state index is 13.3. The van der Waals surface area contributed by atoms with E-state index in [-0.39, 0.29) is 6.42 Å². The van der Waals surface area contributed by atoms with E-state index >= 15 is 0 Å². The molecule has 0 saturated carbocycles. The molecule has 19 heavy (non-hydrogen) atoms. The minimum atomic E-state index is -1.47. The van der Waals surface area contributed by atoms with Gasteiger partial charge in [0, 0.05) is 6.42 Å². The number of hydrogen-bond donors (Lipinski definition) is 3. The summed E-state index contributed by atoms with van der Waals surface area (Å²) in [6.07, 6.45) is 0.363. The van der Waals surface area contributed by atoms with Gasteiger partial charge in [0.1, 0.15) is 5.60 Å². The molecule has 0 heterocycles. The zero-order valence-corrected chi connectivity index (χ0v) is 11.4. The van der Waals surface area contributed by atoms with E-state index < -0.39 is 29.5 Å². The first kappa shape index (κ1) is 17.4. The average molecular weight is 276 g/mol. The number of amides is 1. The van der Waals surface area contributed by atoms with E-state index in [1.54, 1.807) is 20.8 Å². The Balaban J connectivity index is 4.58. The summed E-state index contributed by atoms with van der Waals surface area (Å²) < 4.78 is 18.2. The number of carbonyl (C=O) groups is 2. The van der Waals surface area contributed by atoms with E-state index in [4.69, 9.17) is 15.6 Å². The summed E-state index contributed by atoms with van der Waals surface area (Å²) in [5.41, 5.74) is 4.46. The molecule has 1 atom stereocenters. The molecule has 0 aliphatic carbocycles. The van der Waals surface area contributed by atoms with Crippen molar-refractivity contribution in [3.8, 4) is 0 Å². The molecule has 0 aliphatic heterocycles. The standard InChI is InChI=1S/C12H21FN2O4/c1-12(2,3)19-11(18)15-9(10(16)17)7-8(13)5-4-6-14/h7,9H,4-6,14H2,1-3H3,(H,15,18)(H,16,17)/b8-7-/t9-/m0/s1. The number of nitrogens with two attached hydrogens (primary N) is 1. The lowest BCUT2D eigenvalue weighted by atomic mass is 10.2. The van der Waals surface area contributed by atoms with Gasteiger partial charge in [-0.1, -0.05) is 0 Å². The van der Waals surface area contributed by atoms with Crippen LogP contribution in [0.1, 0.15) is 33.6 Å². The fraction of sp³-hybridized carbons (Fsp3) is 0.667. The van der Waals surface area contributed by atoms with E-state index in [1.807, 2.05) is 0 Å². The van der Waals surface area contributed by atoms with Gasteiger partial charge >= 0.3 is 12.1 Å². The van der Waals surface area contributed by atoms with Crippen molar-refractivity contribution in [2.24, 2.45) is 5.73 Å². The first-order valence-electron chi connectivity index (χ1n) is 5.94. The molecule has 0 bridgehead atoms. The fourth-order valence-corrected chi connectivity index (χ4v) is 1.14. The highest BCUT2D eigenvalue weighted by Crippen LogP contribution is 2.09. The highest BCUT2D eigenvalue weighted by atomic mass is 19.1. The third kappa shape index (κ3) is 9.01. The predicted molar refractivity (Wildman–Crippen MR) is 68.3 cm³/mol. The van der Waals surface area contributed by atoms with E-state index in [2.05, 4.69) is 5.32 Å². The van der Waals surface area contributed by atoms with Crippen LogP contribution in [-0.2, 0) is 9.53 Å². The number of carboxylic acids is 1. The number of rotatable bonds is 6. The van der Waals surface area contributed by atoms with Crippen molar-refractivity contribution in [2.45, 2.75) is 45.3 Å². The zero-order valence-electron chi connectivity index (χ0n) is 11.4. The topological polar surface area (TPSA) is 102 Å². The lowest BCUT2D eigenvalue weighted by Crippen LogP contribution is -2.42. The van der Waals surface area contributed by atoms with Crippen LogP contribution in [0.25, 0.3) is 0 Å². The predicted octanol–water partition coefficient (Wildman–Crippen LogP) is 1.56. The minimum Gasteiger partial charge on any atom is -0.479 e. The first-order chi connectivity index (χ1) is 8.65. The summed E-state index contributed by atoms with van der Waals surface area (Å²) >= 11 is 0. The van der Waals surface area contributed by atoms with E-state index in [0.717, 1.165) is 6.08 Å². The van der Waals surface area contributed by atoms with Crippen molar-refractivity contribution in [1.82, 2.24) is 5.32 Å². The van der Waals surface area contributed by atoms with Crippen LogP contribution in [0, 0.1) is 0 Å². The van der Waals surface area contributed by atoms with Crippen molar-refractivity contribution >= 4 is 12.1 Å². The Morgan fingerprint density at radius 1 is 1.47 bits per heavy atom. The second-order valence-electron chi connectivity index (χ2n) is 4.97. The van der Waals surface area contributed by atoms with Gasteiger partial charge in [0.2, 0.25) is 0 Å². The summed E-state index contributed by atoms with van der Waals surface area (Å²) in [4.78, 5) is 22.3. The molecule has 0 spiro atoms. The number of nitrogens with one attached hydrogen (secondary N) is 1. The van der Waals surface area contributed by atoms with Gasteiger partial charge in [-0.15, -0.1) is 0 Å². The molecule has 6 nitrogen and oxygen atoms in total. The van der Waals surface area contributed by atoms with Gasteiger partial charge in [-0.25, -0.2) is 14.0 Å². The van der Waals surface area contributed by atoms with Crippen LogP contribution in [0.2, 0.25) is 0 Å². The van der Waals surface area contributed by atoms with Gasteiger partial charge in [0.25, 0.3) is 0 Å². The number of allylic oxidation sites excluding steroid dienone is 1. The molecule has 1 amide bonds. The Hall–Kier alpha value is -1.63. The summed E-state index contributed by atoms with van der Waals surface area (Å²) in [5, 5.41) is 11.0. The maximum Gasteiger partial charge on any atom is 0.408 e. The fourth-order valence-electron chi connectivity index (χ4n) is 1.14. The zero-order chi connectivity index (χ0) is 15.1. The summed E-state index contributed by atoms with van der Waals surface area (Å²) in [5.74, 6) is -2.00. The highest BCUT2D eigenvalue weighted by Gasteiger charge is 2.22. The van der Waals surface area contributed by atoms with Gasteiger partial charge in [0.05, 0.1) is 5.83 Å². The molecule has 0 aliphatic rings. The first-order valence-corrected chi connectivity index (χ1v) is 5.94. The maximum absolute atomic E-state index is 13.3. The molecular formula is C12H21FN2O4. The van der Waals surface area contributed by atoms with Gasteiger partial charge in [-0.3, -0.25) is 0 Å².